The molecule has 0 aliphatic carbocycles. The molecule has 1 aliphatic rings. The van der Waals surface area contributed by atoms with E-state index in [4.69, 9.17) is 4.42 Å². The molecular weight excluding hydrogens is 340 g/mol. The number of nitrogens with zero attached hydrogens (tertiary/aromatic N) is 1. The Balaban J connectivity index is 1.59. The number of amides is 2. The highest BCUT2D eigenvalue weighted by molar-refractivity contribution is 6.08. The van der Waals surface area contributed by atoms with Crippen molar-refractivity contribution >= 4 is 23.2 Å². The van der Waals surface area contributed by atoms with Crippen LogP contribution in [0.4, 0.5) is 11.4 Å². The van der Waals surface area contributed by atoms with Gasteiger partial charge in [0.25, 0.3) is 11.8 Å². The van der Waals surface area contributed by atoms with Crippen molar-refractivity contribution < 1.29 is 14.0 Å². The van der Waals surface area contributed by atoms with Crippen LogP contribution in [-0.4, -0.2) is 18.4 Å². The molecule has 0 fully saturated rings. The molecular formula is C22H20N2O3. The zero-order valence-electron chi connectivity index (χ0n) is 15.3. The monoisotopic (exact) mass is 360 g/mol. The zero-order chi connectivity index (χ0) is 19.0. The molecule has 0 unspecified atom stereocenters. The number of carbonyl (C=O) groups excluding carboxylic acids is 2. The van der Waals surface area contributed by atoms with Crippen LogP contribution in [0.15, 0.2) is 59.2 Å². The lowest BCUT2D eigenvalue weighted by Gasteiger charge is -2.17. The van der Waals surface area contributed by atoms with Crippen LogP contribution in [0.2, 0.25) is 0 Å². The van der Waals surface area contributed by atoms with E-state index in [1.54, 1.807) is 17.0 Å². The first kappa shape index (κ1) is 17.1. The highest BCUT2D eigenvalue weighted by atomic mass is 16.3. The quantitative estimate of drug-likeness (QED) is 0.755. The summed E-state index contributed by atoms with van der Waals surface area (Å²) in [5.74, 6) is -0.0116. The number of fused-ring (bicyclic) bond motifs is 1. The van der Waals surface area contributed by atoms with Gasteiger partial charge in [0, 0.05) is 23.5 Å². The molecule has 0 spiro atoms. The van der Waals surface area contributed by atoms with Crippen LogP contribution in [0.3, 0.4) is 0 Å². The molecule has 1 aromatic heterocycles. The van der Waals surface area contributed by atoms with Gasteiger partial charge < -0.3 is 14.6 Å². The van der Waals surface area contributed by atoms with Gasteiger partial charge >= 0.3 is 0 Å². The molecule has 3 aromatic rings. The van der Waals surface area contributed by atoms with Gasteiger partial charge in [-0.15, -0.1) is 0 Å². The first-order chi connectivity index (χ1) is 13.0. The average Bonchev–Trinajstić information content (AvgIpc) is 3.32. The van der Waals surface area contributed by atoms with Crippen molar-refractivity contribution in [3.05, 3.63) is 82.8 Å². The van der Waals surface area contributed by atoms with E-state index in [0.29, 0.717) is 23.6 Å². The Hall–Kier alpha value is -3.34. The maximum Gasteiger partial charge on any atom is 0.293 e. The molecule has 2 heterocycles. The van der Waals surface area contributed by atoms with E-state index in [-0.39, 0.29) is 11.8 Å². The van der Waals surface area contributed by atoms with Crippen molar-refractivity contribution in [2.45, 2.75) is 20.3 Å². The number of nitrogens with one attached hydrogen (secondary N) is 1. The minimum Gasteiger partial charge on any atom is -0.459 e. The van der Waals surface area contributed by atoms with Crippen LogP contribution in [0.25, 0.3) is 0 Å². The molecule has 1 aliphatic heterocycles. The summed E-state index contributed by atoms with van der Waals surface area (Å²) in [6.45, 7) is 4.48. The fourth-order valence-electron chi connectivity index (χ4n) is 3.38. The normalized spacial score (nSPS) is 12.7. The van der Waals surface area contributed by atoms with Crippen LogP contribution in [-0.2, 0) is 6.42 Å². The SMILES string of the molecule is Cc1ccc(C)c(C(=O)Nc2ccc3c(c2)N(C(=O)c2ccco2)CC3)c1. The van der Waals surface area contributed by atoms with E-state index in [1.165, 1.54) is 6.26 Å². The molecule has 5 nitrogen and oxygen atoms in total. The molecule has 27 heavy (non-hydrogen) atoms. The molecule has 0 bridgehead atoms. The van der Waals surface area contributed by atoms with Crippen molar-refractivity contribution in [3.63, 3.8) is 0 Å². The van der Waals surface area contributed by atoms with Gasteiger partial charge in [0.2, 0.25) is 0 Å². The topological polar surface area (TPSA) is 62.6 Å². The van der Waals surface area contributed by atoms with Crippen molar-refractivity contribution in [3.8, 4) is 0 Å². The van der Waals surface area contributed by atoms with Gasteiger partial charge in [-0.05, 0) is 61.7 Å². The fourth-order valence-corrected chi connectivity index (χ4v) is 3.38. The van der Waals surface area contributed by atoms with E-state index in [1.807, 2.05) is 50.2 Å². The van der Waals surface area contributed by atoms with Crippen molar-refractivity contribution in [1.82, 2.24) is 0 Å². The number of hydrogen-bond donors (Lipinski definition) is 1. The second-order valence-corrected chi connectivity index (χ2v) is 6.80. The largest absolute Gasteiger partial charge is 0.459 e. The minimum atomic E-state index is -0.170. The Morgan fingerprint density at radius 3 is 2.70 bits per heavy atom. The Morgan fingerprint density at radius 1 is 1.07 bits per heavy atom. The number of furan rings is 1. The third-order valence-electron chi connectivity index (χ3n) is 4.85. The summed E-state index contributed by atoms with van der Waals surface area (Å²) in [4.78, 5) is 27.0. The Kier molecular flexibility index (Phi) is 4.28. The van der Waals surface area contributed by atoms with Crippen molar-refractivity contribution in [2.24, 2.45) is 0 Å². The third-order valence-corrected chi connectivity index (χ3v) is 4.85. The molecule has 0 radical (unpaired) electrons. The summed E-state index contributed by atoms with van der Waals surface area (Å²) in [7, 11) is 0. The van der Waals surface area contributed by atoms with Crippen LogP contribution < -0.4 is 10.2 Å². The van der Waals surface area contributed by atoms with Crippen LogP contribution >= 0.6 is 0 Å². The molecule has 0 atom stereocenters. The van der Waals surface area contributed by atoms with Crippen LogP contribution in [0.1, 0.15) is 37.6 Å². The van der Waals surface area contributed by atoms with Crippen molar-refractivity contribution in [1.29, 1.82) is 0 Å². The van der Waals surface area contributed by atoms with E-state index in [2.05, 4.69) is 5.32 Å². The van der Waals surface area contributed by atoms with Crippen molar-refractivity contribution in [2.75, 3.05) is 16.8 Å². The van der Waals surface area contributed by atoms with Gasteiger partial charge in [0.1, 0.15) is 0 Å². The number of benzene rings is 2. The second-order valence-electron chi connectivity index (χ2n) is 6.80. The summed E-state index contributed by atoms with van der Waals surface area (Å²) >= 11 is 0. The Bertz CT molecular complexity index is 1020. The van der Waals surface area contributed by atoms with Gasteiger partial charge in [-0.1, -0.05) is 23.8 Å². The van der Waals surface area contributed by atoms with E-state index < -0.39 is 0 Å². The highest BCUT2D eigenvalue weighted by Crippen LogP contribution is 2.32. The van der Waals surface area contributed by atoms with Gasteiger partial charge in [-0.25, -0.2) is 0 Å². The second kappa shape index (κ2) is 6.76. The maximum absolute atomic E-state index is 12.7. The number of carbonyl (C=O) groups is 2. The molecule has 0 saturated carbocycles. The van der Waals surface area contributed by atoms with Gasteiger partial charge in [-0.2, -0.15) is 0 Å². The Labute approximate surface area is 157 Å². The molecule has 2 aromatic carbocycles. The standard InChI is InChI=1S/C22H20N2O3/c1-14-5-6-15(2)18(12-14)21(25)23-17-8-7-16-9-10-24(19(16)13-17)22(26)20-4-3-11-27-20/h3-8,11-13H,9-10H2,1-2H3,(H,23,25). The van der Waals surface area contributed by atoms with E-state index in [0.717, 1.165) is 28.8 Å². The lowest BCUT2D eigenvalue weighted by atomic mass is 10.0. The molecule has 136 valence electrons. The predicted octanol–water partition coefficient (Wildman–Crippen LogP) is 4.35. The lowest BCUT2D eigenvalue weighted by Crippen LogP contribution is -2.28. The number of rotatable bonds is 3. The summed E-state index contributed by atoms with van der Waals surface area (Å²) < 4.78 is 5.24. The Morgan fingerprint density at radius 2 is 1.93 bits per heavy atom. The fraction of sp³-hybridized carbons (Fsp3) is 0.182. The summed E-state index contributed by atoms with van der Waals surface area (Å²) in [6, 6.07) is 14.9. The van der Waals surface area contributed by atoms with Gasteiger partial charge in [0.05, 0.1) is 6.26 Å². The zero-order valence-corrected chi connectivity index (χ0v) is 15.3. The minimum absolute atomic E-state index is 0.155. The molecule has 0 saturated heterocycles. The highest BCUT2D eigenvalue weighted by Gasteiger charge is 2.27. The lowest BCUT2D eigenvalue weighted by molar-refractivity contribution is 0.0962. The van der Waals surface area contributed by atoms with E-state index >= 15 is 0 Å². The van der Waals surface area contributed by atoms with Gasteiger partial charge in [-0.3, -0.25) is 9.59 Å². The smallest absolute Gasteiger partial charge is 0.293 e. The molecule has 1 N–H and O–H groups in total. The third kappa shape index (κ3) is 3.24. The van der Waals surface area contributed by atoms with Gasteiger partial charge in [0.15, 0.2) is 5.76 Å². The maximum atomic E-state index is 12.7. The summed E-state index contributed by atoms with van der Waals surface area (Å²) in [6.07, 6.45) is 2.28. The number of aryl methyl sites for hydroxylation is 2. The van der Waals surface area contributed by atoms with Crippen LogP contribution in [0.5, 0.6) is 0 Å². The first-order valence-electron chi connectivity index (χ1n) is 8.90. The number of hydrogen-bond acceptors (Lipinski definition) is 3. The molecule has 5 heteroatoms. The predicted molar refractivity (Wildman–Crippen MR) is 104 cm³/mol. The van der Waals surface area contributed by atoms with Crippen LogP contribution in [0, 0.1) is 13.8 Å². The average molecular weight is 360 g/mol. The molecule has 2 amide bonds. The first-order valence-corrected chi connectivity index (χ1v) is 8.90. The molecule has 4 rings (SSSR count). The van der Waals surface area contributed by atoms with E-state index in [9.17, 15) is 9.59 Å². The number of anilines is 2. The summed E-state index contributed by atoms with van der Waals surface area (Å²) in [5.41, 5.74) is 5.18. The summed E-state index contributed by atoms with van der Waals surface area (Å²) in [5, 5.41) is 2.95.